The number of anilines is 1. The zero-order valence-corrected chi connectivity index (χ0v) is 53.7. The second kappa shape index (κ2) is 40.6. The van der Waals surface area contributed by atoms with Gasteiger partial charge in [0.15, 0.2) is 0 Å². The number of unbranched alkanes of at least 4 members (excludes halogenated alkanes) is 28. The summed E-state index contributed by atoms with van der Waals surface area (Å²) in [7, 11) is 0. The number of carbonyl (C=O) groups excluding carboxylic acids is 1. The highest BCUT2D eigenvalue weighted by molar-refractivity contribution is 5.91. The van der Waals surface area contributed by atoms with Crippen LogP contribution in [-0.2, 0) is 37.0 Å². The van der Waals surface area contributed by atoms with Crippen LogP contribution >= 0.6 is 0 Å². The number of aromatic amines is 1. The fourth-order valence-electron chi connectivity index (χ4n) is 12.1. The van der Waals surface area contributed by atoms with Crippen molar-refractivity contribution in [1.82, 2.24) is 9.55 Å². The Labute approximate surface area is 513 Å². The normalized spacial score (nSPS) is 12.1. The van der Waals surface area contributed by atoms with Crippen LogP contribution in [0.15, 0.2) is 82.5 Å². The third-order valence-corrected chi connectivity index (χ3v) is 17.1. The summed E-state index contributed by atoms with van der Waals surface area (Å²) < 4.78 is 29.7. The van der Waals surface area contributed by atoms with E-state index in [-0.39, 0.29) is 12.5 Å². The summed E-state index contributed by atoms with van der Waals surface area (Å²) in [4.78, 5) is 41.8. The number of nitrogens with one attached hydrogen (secondary N) is 2. The van der Waals surface area contributed by atoms with E-state index in [4.69, 9.17) is 18.9 Å². The van der Waals surface area contributed by atoms with Crippen molar-refractivity contribution in [3.63, 3.8) is 0 Å². The summed E-state index contributed by atoms with van der Waals surface area (Å²) in [5.41, 5.74) is 8.39. The summed E-state index contributed by atoms with van der Waals surface area (Å²) in [6, 6.07) is 24.0. The summed E-state index contributed by atoms with van der Waals surface area (Å²) >= 11 is 0. The van der Waals surface area contributed by atoms with Crippen LogP contribution in [0.5, 0.6) is 23.0 Å². The van der Waals surface area contributed by atoms with Gasteiger partial charge in [-0.1, -0.05) is 262 Å². The van der Waals surface area contributed by atoms with E-state index in [1.807, 2.05) is 0 Å². The molecule has 0 fully saturated rings. The lowest BCUT2D eigenvalue weighted by Gasteiger charge is -2.23. The van der Waals surface area contributed by atoms with Crippen LogP contribution in [0.2, 0.25) is 0 Å². The maximum absolute atomic E-state index is 14.2. The Bertz CT molecular complexity index is 2700. The van der Waals surface area contributed by atoms with Gasteiger partial charge >= 0.3 is 5.69 Å². The van der Waals surface area contributed by atoms with E-state index in [0.29, 0.717) is 63.4 Å². The van der Waals surface area contributed by atoms with E-state index in [1.165, 1.54) is 165 Å². The lowest BCUT2D eigenvalue weighted by molar-refractivity contribution is -0.116. The number of benzene rings is 4. The molecular formula is C75H111N3O7. The van der Waals surface area contributed by atoms with Gasteiger partial charge in [-0.25, -0.2) is 4.79 Å². The van der Waals surface area contributed by atoms with Crippen LogP contribution in [0.25, 0.3) is 0 Å². The molecule has 1 amide bonds. The molecule has 85 heavy (non-hydrogen) atoms. The molecule has 10 nitrogen and oxygen atoms in total. The first-order valence-corrected chi connectivity index (χ1v) is 34.3. The molecule has 1 heterocycles. The molecule has 1 aliphatic rings. The minimum atomic E-state index is -0.628. The zero-order valence-electron chi connectivity index (χ0n) is 53.7. The molecule has 0 saturated heterocycles. The number of carbonyl (C=O) groups is 1. The lowest BCUT2D eigenvalue weighted by Crippen LogP contribution is -2.34. The van der Waals surface area contributed by atoms with E-state index < -0.39 is 11.2 Å². The molecule has 0 atom stereocenters. The van der Waals surface area contributed by atoms with Crippen LogP contribution in [0.1, 0.15) is 283 Å². The number of nitrogens with zero attached hydrogens (tertiary/aromatic N) is 1. The highest BCUT2D eigenvalue weighted by Gasteiger charge is 2.24. The second-order valence-electron chi connectivity index (χ2n) is 24.6. The fourth-order valence-corrected chi connectivity index (χ4v) is 12.1. The molecule has 0 unspecified atom stereocenters. The van der Waals surface area contributed by atoms with Crippen LogP contribution in [-0.4, -0.2) is 41.9 Å². The molecule has 6 rings (SSSR count). The van der Waals surface area contributed by atoms with Gasteiger partial charge in [-0.15, -0.1) is 0 Å². The second-order valence-corrected chi connectivity index (χ2v) is 24.6. The summed E-state index contributed by atoms with van der Waals surface area (Å²) in [5.74, 6) is 3.21. The Morgan fingerprint density at radius 1 is 0.412 bits per heavy atom. The molecule has 4 aromatic carbocycles. The minimum Gasteiger partial charge on any atom is -0.493 e. The number of aryl methyl sites for hydroxylation is 1. The number of amides is 1. The van der Waals surface area contributed by atoms with Crippen LogP contribution < -0.4 is 35.5 Å². The Morgan fingerprint density at radius 2 is 0.682 bits per heavy atom. The summed E-state index contributed by atoms with van der Waals surface area (Å²) in [5, 5.41) is 3.19. The number of H-pyrrole nitrogens is 1. The van der Waals surface area contributed by atoms with E-state index in [2.05, 4.69) is 105 Å². The largest absolute Gasteiger partial charge is 0.493 e. The predicted molar refractivity (Wildman–Crippen MR) is 354 cm³/mol. The van der Waals surface area contributed by atoms with Gasteiger partial charge in [0.2, 0.25) is 5.91 Å². The van der Waals surface area contributed by atoms with Crippen molar-refractivity contribution in [2.24, 2.45) is 0 Å². The molecular weight excluding hydrogens is 1050 g/mol. The summed E-state index contributed by atoms with van der Waals surface area (Å²) in [6.07, 6.45) is 42.6. The average Bonchev–Trinajstić information content (AvgIpc) is 2.87. The molecule has 0 aliphatic heterocycles. The van der Waals surface area contributed by atoms with Gasteiger partial charge in [-0.2, -0.15) is 0 Å². The number of rotatable bonds is 43. The van der Waals surface area contributed by atoms with Gasteiger partial charge in [-0.3, -0.25) is 19.1 Å². The molecule has 1 aromatic heterocycles. The molecule has 0 spiro atoms. The van der Waals surface area contributed by atoms with E-state index >= 15 is 0 Å². The van der Waals surface area contributed by atoms with Gasteiger partial charge in [0, 0.05) is 54.3 Å². The number of para-hydroxylation sites is 3. The number of ether oxygens (including phenoxy) is 4. The quantitative estimate of drug-likeness (QED) is 0.0366. The van der Waals surface area contributed by atoms with Gasteiger partial charge in [0.05, 0.1) is 26.4 Å². The maximum Gasteiger partial charge on any atom is 0.328 e. The number of aromatic nitrogens is 2. The number of hydrogen-bond acceptors (Lipinski definition) is 7. The van der Waals surface area contributed by atoms with E-state index in [9.17, 15) is 14.4 Å². The molecule has 0 saturated carbocycles. The van der Waals surface area contributed by atoms with Gasteiger partial charge in [-0.05, 0) is 78.1 Å². The SMILES string of the molecule is CCCCCCCCCCOc1c2cccc1Cc1cccc(c1OCCCCCCCCCC)Cc1cc(NC(=O)Cn3cc(C)c(=O)[nH]c3=O)cc(c1OCCCCCCCCCC)Cc1cccc(c1OCCCCCCCCCC)C2. The van der Waals surface area contributed by atoms with Crippen molar-refractivity contribution >= 4 is 11.6 Å². The lowest BCUT2D eigenvalue weighted by atomic mass is 9.91. The van der Waals surface area contributed by atoms with E-state index in [1.54, 1.807) is 6.92 Å². The maximum atomic E-state index is 14.2. The van der Waals surface area contributed by atoms with Crippen molar-refractivity contribution in [2.75, 3.05) is 31.7 Å². The minimum absolute atomic E-state index is 0.264. The first-order valence-electron chi connectivity index (χ1n) is 34.3. The molecule has 5 aromatic rings. The van der Waals surface area contributed by atoms with Gasteiger partial charge in [0.25, 0.3) is 5.56 Å². The Balaban J connectivity index is 1.44. The Kier molecular flexibility index (Phi) is 32.6. The van der Waals surface area contributed by atoms with Gasteiger partial charge < -0.3 is 24.3 Å². The number of fused-ring (bicyclic) bond motifs is 8. The van der Waals surface area contributed by atoms with Crippen molar-refractivity contribution in [3.05, 3.63) is 144 Å². The van der Waals surface area contributed by atoms with Crippen LogP contribution in [0.4, 0.5) is 5.69 Å². The predicted octanol–water partition coefficient (Wildman–Crippen LogP) is 19.2. The van der Waals surface area contributed by atoms with Crippen molar-refractivity contribution in [1.29, 1.82) is 0 Å². The third kappa shape index (κ3) is 24.5. The Hall–Kier alpha value is -5.77. The van der Waals surface area contributed by atoms with Crippen molar-refractivity contribution in [2.45, 2.75) is 272 Å². The Morgan fingerprint density at radius 3 is 0.988 bits per heavy atom. The third-order valence-electron chi connectivity index (χ3n) is 17.1. The molecule has 1 aliphatic carbocycles. The molecule has 0 radical (unpaired) electrons. The smallest absolute Gasteiger partial charge is 0.328 e. The molecule has 8 bridgehead atoms. The van der Waals surface area contributed by atoms with Crippen molar-refractivity contribution in [3.8, 4) is 23.0 Å². The first-order chi connectivity index (χ1) is 41.7. The van der Waals surface area contributed by atoms with Crippen LogP contribution in [0, 0.1) is 6.92 Å². The molecule has 468 valence electrons. The number of hydrogen-bond donors (Lipinski definition) is 2. The van der Waals surface area contributed by atoms with Gasteiger partial charge in [0.1, 0.15) is 29.5 Å². The fraction of sp³-hybridized carbons (Fsp3) is 0.613. The average molecular weight is 1170 g/mol. The topological polar surface area (TPSA) is 121 Å². The van der Waals surface area contributed by atoms with Crippen LogP contribution in [0.3, 0.4) is 0 Å². The monoisotopic (exact) mass is 1170 g/mol. The summed E-state index contributed by atoms with van der Waals surface area (Å²) in [6.45, 7) is 12.9. The zero-order chi connectivity index (χ0) is 60.1. The highest BCUT2D eigenvalue weighted by atomic mass is 16.5. The molecule has 10 heteroatoms. The molecule has 2 N–H and O–H groups in total. The standard InChI is InChI=1S/C75H111N3O7/c1-6-10-14-18-22-26-30-34-47-82-70-60-41-38-42-61(70)52-63-44-40-46-65(72(63)84-49-36-32-28-24-20-16-12-8-3)54-67-56-68(76-69(79)58-78-57-59(5)74(80)77-75(78)81)55-66(73(67)85-50-37-33-29-25-21-17-13-9-4)53-64-45-39-43-62(51-60)71(64)83-48-35-31-27-23-19-15-11-7-2/h38-46,55-57H,6-37,47-54,58H2,1-5H3,(H,76,79)(H,77,80,81). The van der Waals surface area contributed by atoms with E-state index in [0.717, 1.165) is 119 Å². The van der Waals surface area contributed by atoms with Crippen molar-refractivity contribution < 1.29 is 23.7 Å². The highest BCUT2D eigenvalue weighted by Crippen LogP contribution is 2.41. The first kappa shape index (κ1) is 68.3.